The van der Waals surface area contributed by atoms with Gasteiger partial charge in [0.05, 0.1) is 6.61 Å². The molecule has 0 atom stereocenters. The van der Waals surface area contributed by atoms with E-state index in [4.69, 9.17) is 18.9 Å². The fourth-order valence-electron chi connectivity index (χ4n) is 2.53. The average molecular weight is 408 g/mol. The van der Waals surface area contributed by atoms with Crippen molar-refractivity contribution in [3.05, 3.63) is 78.5 Å². The number of carbonyl (C=O) groups is 1. The van der Waals surface area contributed by atoms with Gasteiger partial charge in [-0.2, -0.15) is 0 Å². The summed E-state index contributed by atoms with van der Waals surface area (Å²) in [6.45, 7) is 1.11. The van der Waals surface area contributed by atoms with Crippen molar-refractivity contribution in [3.8, 4) is 17.4 Å². The molecule has 1 N–H and O–H groups in total. The van der Waals surface area contributed by atoms with Crippen molar-refractivity contribution in [2.75, 3.05) is 32.2 Å². The average Bonchev–Trinajstić information content (AvgIpc) is 2.79. The van der Waals surface area contributed by atoms with Crippen LogP contribution in [0.1, 0.15) is 5.56 Å². The van der Waals surface area contributed by atoms with Gasteiger partial charge >= 0.3 is 0 Å². The van der Waals surface area contributed by atoms with Gasteiger partial charge in [-0.1, -0.05) is 30.3 Å². The van der Waals surface area contributed by atoms with Gasteiger partial charge in [0.15, 0.2) is 6.61 Å². The number of pyridine rings is 1. The standard InChI is InChI=1S/C23H24N2O5/c1-27-14-15-28-23-21(8-5-13-24-23)25-22(26)17-30-20-11-9-19(10-12-20)29-16-18-6-3-2-4-7-18/h2-13H,14-17H2,1H3,(H,25,26). The summed E-state index contributed by atoms with van der Waals surface area (Å²) in [4.78, 5) is 16.3. The Bertz CT molecular complexity index is 916. The number of amides is 1. The summed E-state index contributed by atoms with van der Waals surface area (Å²) in [6.07, 6.45) is 1.59. The Balaban J connectivity index is 1.46. The maximum Gasteiger partial charge on any atom is 0.262 e. The molecule has 0 spiro atoms. The van der Waals surface area contributed by atoms with E-state index in [1.165, 1.54) is 0 Å². The number of hydrogen-bond acceptors (Lipinski definition) is 6. The molecule has 0 radical (unpaired) electrons. The highest BCUT2D eigenvalue weighted by atomic mass is 16.5. The number of ether oxygens (including phenoxy) is 4. The molecule has 0 saturated heterocycles. The summed E-state index contributed by atoms with van der Waals surface area (Å²) < 4.78 is 21.7. The highest BCUT2D eigenvalue weighted by Crippen LogP contribution is 2.21. The Labute approximate surface area is 175 Å². The van der Waals surface area contributed by atoms with Crippen LogP contribution < -0.4 is 19.5 Å². The SMILES string of the molecule is COCCOc1ncccc1NC(=O)COc1ccc(OCc2ccccc2)cc1. The highest BCUT2D eigenvalue weighted by molar-refractivity contribution is 5.92. The molecule has 0 unspecified atom stereocenters. The third-order valence-corrected chi connectivity index (χ3v) is 4.01. The molecule has 1 amide bonds. The zero-order chi connectivity index (χ0) is 21.0. The topological polar surface area (TPSA) is 78.9 Å². The molecule has 1 aromatic heterocycles. The van der Waals surface area contributed by atoms with E-state index in [0.717, 1.165) is 11.3 Å². The first-order valence-corrected chi connectivity index (χ1v) is 9.51. The predicted molar refractivity (Wildman–Crippen MR) is 113 cm³/mol. The lowest BCUT2D eigenvalue weighted by molar-refractivity contribution is -0.118. The summed E-state index contributed by atoms with van der Waals surface area (Å²) in [5.74, 6) is 1.32. The number of carbonyl (C=O) groups excluding carboxylic acids is 1. The molecule has 7 nitrogen and oxygen atoms in total. The molecule has 156 valence electrons. The van der Waals surface area contributed by atoms with Gasteiger partial charge in [-0.25, -0.2) is 4.98 Å². The van der Waals surface area contributed by atoms with E-state index in [2.05, 4.69) is 10.3 Å². The Morgan fingerprint density at radius 1 is 0.867 bits per heavy atom. The van der Waals surface area contributed by atoms with E-state index in [1.807, 2.05) is 30.3 Å². The molecular formula is C23H24N2O5. The van der Waals surface area contributed by atoms with Gasteiger partial charge in [-0.15, -0.1) is 0 Å². The molecule has 0 aliphatic heterocycles. The fourth-order valence-corrected chi connectivity index (χ4v) is 2.53. The first-order chi connectivity index (χ1) is 14.7. The molecule has 0 saturated carbocycles. The van der Waals surface area contributed by atoms with Gasteiger partial charge in [0, 0.05) is 13.3 Å². The molecule has 0 aliphatic rings. The minimum Gasteiger partial charge on any atom is -0.489 e. The van der Waals surface area contributed by atoms with E-state index in [0.29, 0.717) is 37.1 Å². The van der Waals surface area contributed by atoms with Gasteiger partial charge in [0.25, 0.3) is 5.91 Å². The van der Waals surface area contributed by atoms with Gasteiger partial charge in [0.1, 0.15) is 30.4 Å². The van der Waals surface area contributed by atoms with Crippen molar-refractivity contribution in [2.45, 2.75) is 6.61 Å². The van der Waals surface area contributed by atoms with E-state index < -0.39 is 0 Å². The highest BCUT2D eigenvalue weighted by Gasteiger charge is 2.10. The van der Waals surface area contributed by atoms with Crippen LogP contribution in [0.5, 0.6) is 17.4 Å². The van der Waals surface area contributed by atoms with Crippen molar-refractivity contribution in [3.63, 3.8) is 0 Å². The van der Waals surface area contributed by atoms with Crippen LogP contribution in [0.3, 0.4) is 0 Å². The van der Waals surface area contributed by atoms with Gasteiger partial charge < -0.3 is 24.3 Å². The molecule has 7 heteroatoms. The number of benzene rings is 2. The van der Waals surface area contributed by atoms with Gasteiger partial charge in [-0.05, 0) is 42.0 Å². The van der Waals surface area contributed by atoms with Crippen LogP contribution in [-0.2, 0) is 16.1 Å². The fraction of sp³-hybridized carbons (Fsp3) is 0.217. The quantitative estimate of drug-likeness (QED) is 0.488. The monoisotopic (exact) mass is 408 g/mol. The lowest BCUT2D eigenvalue weighted by Gasteiger charge is -2.12. The zero-order valence-corrected chi connectivity index (χ0v) is 16.7. The molecule has 2 aromatic carbocycles. The van der Waals surface area contributed by atoms with Gasteiger partial charge in [0.2, 0.25) is 5.88 Å². The van der Waals surface area contributed by atoms with Crippen molar-refractivity contribution in [2.24, 2.45) is 0 Å². The van der Waals surface area contributed by atoms with Crippen molar-refractivity contribution < 1.29 is 23.7 Å². The number of aromatic nitrogens is 1. The molecule has 0 bridgehead atoms. The van der Waals surface area contributed by atoms with Crippen molar-refractivity contribution in [1.29, 1.82) is 0 Å². The number of nitrogens with zero attached hydrogens (tertiary/aromatic N) is 1. The zero-order valence-electron chi connectivity index (χ0n) is 16.7. The number of anilines is 1. The van der Waals surface area contributed by atoms with Crippen LogP contribution >= 0.6 is 0 Å². The predicted octanol–water partition coefficient (Wildman–Crippen LogP) is 3.70. The van der Waals surface area contributed by atoms with Crippen molar-refractivity contribution in [1.82, 2.24) is 4.98 Å². The third kappa shape index (κ3) is 6.79. The largest absolute Gasteiger partial charge is 0.489 e. The first kappa shape index (κ1) is 21.1. The number of methoxy groups -OCH3 is 1. The maximum absolute atomic E-state index is 12.2. The van der Waals surface area contributed by atoms with Crippen LogP contribution in [0, 0.1) is 0 Å². The molecule has 3 rings (SSSR count). The number of nitrogens with one attached hydrogen (secondary N) is 1. The second kappa shape index (κ2) is 11.4. The summed E-state index contributed by atoms with van der Waals surface area (Å²) in [7, 11) is 1.59. The minimum absolute atomic E-state index is 0.142. The summed E-state index contributed by atoms with van der Waals surface area (Å²) in [5.41, 5.74) is 1.57. The van der Waals surface area contributed by atoms with Crippen LogP contribution in [0.15, 0.2) is 72.9 Å². The van der Waals surface area contributed by atoms with Crippen LogP contribution in [0.4, 0.5) is 5.69 Å². The van der Waals surface area contributed by atoms with Crippen molar-refractivity contribution >= 4 is 11.6 Å². The molecule has 1 heterocycles. The summed E-state index contributed by atoms with van der Waals surface area (Å²) in [6, 6.07) is 20.5. The normalized spacial score (nSPS) is 10.3. The van der Waals surface area contributed by atoms with Crippen LogP contribution in [-0.4, -0.2) is 37.8 Å². The Hall–Kier alpha value is -3.58. The molecule has 0 aliphatic carbocycles. The lowest BCUT2D eigenvalue weighted by Crippen LogP contribution is -2.21. The van der Waals surface area contributed by atoms with E-state index in [1.54, 1.807) is 49.7 Å². The van der Waals surface area contributed by atoms with Crippen LogP contribution in [0.2, 0.25) is 0 Å². The second-order valence-corrected chi connectivity index (χ2v) is 6.28. The smallest absolute Gasteiger partial charge is 0.262 e. The third-order valence-electron chi connectivity index (χ3n) is 4.01. The Morgan fingerprint density at radius 2 is 1.60 bits per heavy atom. The first-order valence-electron chi connectivity index (χ1n) is 9.51. The molecule has 0 fully saturated rings. The van der Waals surface area contributed by atoms with Gasteiger partial charge in [-0.3, -0.25) is 4.79 Å². The maximum atomic E-state index is 12.2. The van der Waals surface area contributed by atoms with E-state index in [-0.39, 0.29) is 12.5 Å². The molecular weight excluding hydrogens is 384 g/mol. The summed E-state index contributed by atoms with van der Waals surface area (Å²) in [5, 5.41) is 2.74. The summed E-state index contributed by atoms with van der Waals surface area (Å²) >= 11 is 0. The molecule has 3 aromatic rings. The number of hydrogen-bond donors (Lipinski definition) is 1. The number of rotatable bonds is 11. The van der Waals surface area contributed by atoms with E-state index in [9.17, 15) is 4.79 Å². The minimum atomic E-state index is -0.316. The van der Waals surface area contributed by atoms with E-state index >= 15 is 0 Å². The van der Waals surface area contributed by atoms with Crippen LogP contribution in [0.25, 0.3) is 0 Å². The Morgan fingerprint density at radius 3 is 2.33 bits per heavy atom. The lowest BCUT2D eigenvalue weighted by atomic mass is 10.2. The second-order valence-electron chi connectivity index (χ2n) is 6.28. The molecule has 30 heavy (non-hydrogen) atoms. The Kier molecular flexibility index (Phi) is 8.05.